The van der Waals surface area contributed by atoms with Crippen LogP contribution in [0.15, 0.2) is 0 Å². The normalized spacial score (nSPS) is 47.8. The number of nitrogens with one attached hydrogen (secondary N) is 1. The molecular weight excluding hydrogens is 188 g/mol. The number of hydrogen-bond acceptors (Lipinski definition) is 3. The molecule has 15 heavy (non-hydrogen) atoms. The van der Waals surface area contributed by atoms with Gasteiger partial charge in [0.25, 0.3) is 0 Å². The van der Waals surface area contributed by atoms with Crippen LogP contribution in [0.2, 0.25) is 0 Å². The third-order valence-corrected chi connectivity index (χ3v) is 4.45. The largest absolute Gasteiger partial charge is 0.388 e. The van der Waals surface area contributed by atoms with E-state index in [1.54, 1.807) is 0 Å². The first-order valence-corrected chi connectivity index (χ1v) is 6.28. The smallest absolute Gasteiger partial charge is 0.0839 e. The first kappa shape index (κ1) is 11.4. The van der Waals surface area contributed by atoms with Crippen LogP contribution in [-0.2, 0) is 0 Å². The third kappa shape index (κ3) is 2.05. The lowest BCUT2D eigenvalue weighted by Crippen LogP contribution is -2.68. The van der Waals surface area contributed by atoms with Crippen molar-refractivity contribution in [2.24, 2.45) is 11.7 Å². The Balaban J connectivity index is 2.06. The summed E-state index contributed by atoms with van der Waals surface area (Å²) in [6.45, 7) is 4.09. The van der Waals surface area contributed by atoms with Gasteiger partial charge in [0, 0.05) is 6.54 Å². The highest BCUT2D eigenvalue weighted by atomic mass is 16.3. The predicted octanol–water partition coefficient (Wildman–Crippen LogP) is 1.01. The highest BCUT2D eigenvalue weighted by Crippen LogP contribution is 2.40. The Morgan fingerprint density at radius 3 is 2.47 bits per heavy atom. The minimum atomic E-state index is -0.618. The second kappa shape index (κ2) is 4.04. The van der Waals surface area contributed by atoms with Crippen LogP contribution < -0.4 is 11.1 Å². The summed E-state index contributed by atoms with van der Waals surface area (Å²) >= 11 is 0. The van der Waals surface area contributed by atoms with Crippen molar-refractivity contribution >= 4 is 0 Å². The van der Waals surface area contributed by atoms with Crippen molar-refractivity contribution in [2.45, 2.75) is 56.6 Å². The Kier molecular flexibility index (Phi) is 3.06. The SMILES string of the molecule is CC1CCC(O)(C2(N)CCCNC2)CC1. The van der Waals surface area contributed by atoms with Crippen molar-refractivity contribution in [1.82, 2.24) is 5.32 Å². The summed E-state index contributed by atoms with van der Waals surface area (Å²) in [5, 5.41) is 14.0. The summed E-state index contributed by atoms with van der Waals surface area (Å²) in [5.41, 5.74) is 5.40. The molecule has 1 heterocycles. The molecule has 2 fully saturated rings. The van der Waals surface area contributed by atoms with Gasteiger partial charge in [-0.25, -0.2) is 0 Å². The highest BCUT2D eigenvalue weighted by Gasteiger charge is 2.48. The fourth-order valence-electron chi connectivity index (χ4n) is 3.06. The molecule has 2 aliphatic rings. The number of aliphatic hydroxyl groups is 1. The molecule has 1 aliphatic heterocycles. The van der Waals surface area contributed by atoms with Gasteiger partial charge in [-0.05, 0) is 51.0 Å². The summed E-state index contributed by atoms with van der Waals surface area (Å²) in [5.74, 6) is 0.755. The topological polar surface area (TPSA) is 58.3 Å². The lowest BCUT2D eigenvalue weighted by Gasteiger charge is -2.50. The molecular formula is C12H24N2O. The van der Waals surface area contributed by atoms with Gasteiger partial charge in [-0.2, -0.15) is 0 Å². The number of hydrogen-bond donors (Lipinski definition) is 3. The maximum Gasteiger partial charge on any atom is 0.0839 e. The van der Waals surface area contributed by atoms with E-state index in [4.69, 9.17) is 5.73 Å². The molecule has 3 nitrogen and oxygen atoms in total. The lowest BCUT2D eigenvalue weighted by molar-refractivity contribution is -0.0796. The van der Waals surface area contributed by atoms with Crippen LogP contribution in [-0.4, -0.2) is 29.3 Å². The zero-order valence-corrected chi connectivity index (χ0v) is 9.76. The van der Waals surface area contributed by atoms with Gasteiger partial charge in [0.15, 0.2) is 0 Å². The Labute approximate surface area is 92.4 Å². The molecule has 3 heteroatoms. The molecule has 2 rings (SSSR count). The molecule has 0 bridgehead atoms. The Bertz CT molecular complexity index is 216. The molecule has 1 unspecified atom stereocenters. The van der Waals surface area contributed by atoms with Crippen LogP contribution in [0.5, 0.6) is 0 Å². The molecule has 1 saturated heterocycles. The van der Waals surface area contributed by atoms with Crippen LogP contribution in [0.25, 0.3) is 0 Å². The van der Waals surface area contributed by atoms with E-state index in [2.05, 4.69) is 12.2 Å². The molecule has 1 aliphatic carbocycles. The van der Waals surface area contributed by atoms with E-state index >= 15 is 0 Å². The highest BCUT2D eigenvalue weighted by molar-refractivity contribution is 5.07. The average molecular weight is 212 g/mol. The van der Waals surface area contributed by atoms with Crippen LogP contribution in [0.4, 0.5) is 0 Å². The number of piperidine rings is 1. The predicted molar refractivity (Wildman–Crippen MR) is 61.6 cm³/mol. The Morgan fingerprint density at radius 1 is 1.27 bits per heavy atom. The van der Waals surface area contributed by atoms with Gasteiger partial charge in [0.2, 0.25) is 0 Å². The summed E-state index contributed by atoms with van der Waals surface area (Å²) in [6, 6.07) is 0. The molecule has 0 spiro atoms. The van der Waals surface area contributed by atoms with Crippen molar-refractivity contribution < 1.29 is 5.11 Å². The zero-order valence-electron chi connectivity index (χ0n) is 9.76. The van der Waals surface area contributed by atoms with Gasteiger partial charge < -0.3 is 16.2 Å². The standard InChI is InChI=1S/C12H24N2O/c1-10-3-6-12(15,7-4-10)11(13)5-2-8-14-9-11/h10,14-15H,2-9,13H2,1H3. The van der Waals surface area contributed by atoms with Crippen molar-refractivity contribution in [3.05, 3.63) is 0 Å². The fraction of sp³-hybridized carbons (Fsp3) is 1.00. The van der Waals surface area contributed by atoms with Gasteiger partial charge in [0.05, 0.1) is 11.1 Å². The lowest BCUT2D eigenvalue weighted by atomic mass is 9.66. The van der Waals surface area contributed by atoms with E-state index in [1.165, 1.54) is 0 Å². The van der Waals surface area contributed by atoms with E-state index < -0.39 is 5.60 Å². The summed E-state index contributed by atoms with van der Waals surface area (Å²) in [6.07, 6.45) is 6.06. The zero-order chi connectivity index (χ0) is 10.9. The first-order valence-electron chi connectivity index (χ1n) is 6.28. The maximum absolute atomic E-state index is 10.7. The maximum atomic E-state index is 10.7. The van der Waals surface area contributed by atoms with Crippen molar-refractivity contribution in [2.75, 3.05) is 13.1 Å². The van der Waals surface area contributed by atoms with Gasteiger partial charge in [-0.15, -0.1) is 0 Å². The first-order chi connectivity index (χ1) is 7.06. The van der Waals surface area contributed by atoms with Gasteiger partial charge in [-0.3, -0.25) is 0 Å². The van der Waals surface area contributed by atoms with E-state index in [-0.39, 0.29) is 5.54 Å². The molecule has 0 aromatic carbocycles. The summed E-state index contributed by atoms with van der Waals surface area (Å²) in [7, 11) is 0. The Morgan fingerprint density at radius 2 is 1.93 bits per heavy atom. The summed E-state index contributed by atoms with van der Waals surface area (Å²) < 4.78 is 0. The van der Waals surface area contributed by atoms with Crippen LogP contribution >= 0.6 is 0 Å². The minimum Gasteiger partial charge on any atom is -0.388 e. The van der Waals surface area contributed by atoms with Crippen LogP contribution in [0, 0.1) is 5.92 Å². The molecule has 0 amide bonds. The van der Waals surface area contributed by atoms with Crippen LogP contribution in [0.1, 0.15) is 45.4 Å². The molecule has 0 radical (unpaired) electrons. The number of nitrogens with two attached hydrogens (primary N) is 1. The monoisotopic (exact) mass is 212 g/mol. The minimum absolute atomic E-state index is 0.384. The van der Waals surface area contributed by atoms with Crippen LogP contribution in [0.3, 0.4) is 0 Å². The fourth-order valence-corrected chi connectivity index (χ4v) is 3.06. The third-order valence-electron chi connectivity index (χ3n) is 4.45. The van der Waals surface area contributed by atoms with E-state index in [9.17, 15) is 5.11 Å². The van der Waals surface area contributed by atoms with Crippen molar-refractivity contribution in [1.29, 1.82) is 0 Å². The average Bonchev–Trinajstić information content (AvgIpc) is 2.24. The van der Waals surface area contributed by atoms with E-state index in [0.717, 1.165) is 57.5 Å². The van der Waals surface area contributed by atoms with E-state index in [1.807, 2.05) is 0 Å². The van der Waals surface area contributed by atoms with Gasteiger partial charge in [0.1, 0.15) is 0 Å². The second-order valence-electron chi connectivity index (χ2n) is 5.65. The van der Waals surface area contributed by atoms with E-state index in [0.29, 0.717) is 0 Å². The van der Waals surface area contributed by atoms with Gasteiger partial charge >= 0.3 is 0 Å². The molecule has 4 N–H and O–H groups in total. The van der Waals surface area contributed by atoms with Gasteiger partial charge in [-0.1, -0.05) is 6.92 Å². The van der Waals surface area contributed by atoms with Crippen molar-refractivity contribution in [3.63, 3.8) is 0 Å². The quantitative estimate of drug-likeness (QED) is 0.608. The molecule has 88 valence electrons. The van der Waals surface area contributed by atoms with Crippen molar-refractivity contribution in [3.8, 4) is 0 Å². The summed E-state index contributed by atoms with van der Waals surface area (Å²) in [4.78, 5) is 0. The second-order valence-corrected chi connectivity index (χ2v) is 5.65. The Hall–Kier alpha value is -0.120. The molecule has 1 atom stereocenters. The molecule has 0 aromatic heterocycles. The molecule has 0 aromatic rings. The number of rotatable bonds is 1. The molecule has 1 saturated carbocycles.